The largest absolute Gasteiger partial charge is 0.358 e. The van der Waals surface area contributed by atoms with Crippen molar-refractivity contribution in [2.24, 2.45) is 0 Å². The van der Waals surface area contributed by atoms with Crippen LogP contribution in [0.2, 0.25) is 0 Å². The predicted octanol–water partition coefficient (Wildman–Crippen LogP) is 2.53. The molecule has 0 radical (unpaired) electrons. The van der Waals surface area contributed by atoms with Crippen LogP contribution in [0.4, 0.5) is 0 Å². The Morgan fingerprint density at radius 2 is 1.96 bits per heavy atom. The fraction of sp³-hybridized carbons (Fsp3) is 0.450. The van der Waals surface area contributed by atoms with E-state index in [0.717, 1.165) is 19.5 Å². The summed E-state index contributed by atoms with van der Waals surface area (Å²) < 4.78 is 0. The van der Waals surface area contributed by atoms with Crippen molar-refractivity contribution >= 4 is 16.7 Å². The summed E-state index contributed by atoms with van der Waals surface area (Å²) in [6.45, 7) is 6.01. The second-order valence-corrected chi connectivity index (χ2v) is 6.95. The number of amides is 1. The van der Waals surface area contributed by atoms with E-state index in [2.05, 4.69) is 71.8 Å². The Bertz CT molecular complexity index is 708. The lowest BCUT2D eigenvalue weighted by molar-refractivity contribution is -0.125. The molecule has 0 spiro atoms. The lowest BCUT2D eigenvalue weighted by Gasteiger charge is -2.23. The average molecular weight is 325 g/mol. The van der Waals surface area contributed by atoms with Crippen molar-refractivity contribution in [2.75, 3.05) is 13.6 Å². The monoisotopic (exact) mass is 325 g/mol. The highest BCUT2D eigenvalue weighted by Gasteiger charge is 2.36. The van der Waals surface area contributed by atoms with Gasteiger partial charge in [-0.15, -0.1) is 0 Å². The SMILES string of the molecule is CNC(=O)[C@@H]1C[C@@H](NC(C)C)CN1Cc1cccc2ccccc12. The van der Waals surface area contributed by atoms with Gasteiger partial charge >= 0.3 is 0 Å². The molecule has 4 nitrogen and oxygen atoms in total. The molecule has 1 amide bonds. The number of likely N-dealkylation sites (tertiary alicyclic amines) is 1. The maximum absolute atomic E-state index is 12.3. The van der Waals surface area contributed by atoms with Crippen LogP contribution in [0.15, 0.2) is 42.5 Å². The summed E-state index contributed by atoms with van der Waals surface area (Å²) >= 11 is 0. The highest BCUT2D eigenvalue weighted by Crippen LogP contribution is 2.25. The zero-order valence-electron chi connectivity index (χ0n) is 14.8. The van der Waals surface area contributed by atoms with Gasteiger partial charge in [-0.3, -0.25) is 9.69 Å². The molecule has 2 aromatic rings. The Labute approximate surface area is 144 Å². The van der Waals surface area contributed by atoms with Crippen molar-refractivity contribution in [1.82, 2.24) is 15.5 Å². The van der Waals surface area contributed by atoms with Crippen molar-refractivity contribution in [1.29, 1.82) is 0 Å². The molecule has 0 bridgehead atoms. The minimum Gasteiger partial charge on any atom is -0.358 e. The minimum atomic E-state index is -0.0646. The molecule has 2 atom stereocenters. The Balaban J connectivity index is 1.84. The average Bonchev–Trinajstić information content (AvgIpc) is 2.96. The summed E-state index contributed by atoms with van der Waals surface area (Å²) in [4.78, 5) is 14.6. The third-order valence-electron chi connectivity index (χ3n) is 4.77. The quantitative estimate of drug-likeness (QED) is 0.888. The molecule has 1 fully saturated rings. The van der Waals surface area contributed by atoms with Crippen LogP contribution >= 0.6 is 0 Å². The van der Waals surface area contributed by atoms with Gasteiger partial charge < -0.3 is 10.6 Å². The van der Waals surface area contributed by atoms with Crippen LogP contribution in [-0.4, -0.2) is 42.5 Å². The van der Waals surface area contributed by atoms with Crippen molar-refractivity contribution in [3.8, 4) is 0 Å². The Hall–Kier alpha value is -1.91. The molecule has 1 aliphatic rings. The molecule has 128 valence electrons. The minimum absolute atomic E-state index is 0.0646. The van der Waals surface area contributed by atoms with Gasteiger partial charge in [0.05, 0.1) is 6.04 Å². The zero-order valence-corrected chi connectivity index (χ0v) is 14.8. The second kappa shape index (κ2) is 7.32. The molecular weight excluding hydrogens is 298 g/mol. The van der Waals surface area contributed by atoms with Gasteiger partial charge in [0.25, 0.3) is 0 Å². The summed E-state index contributed by atoms with van der Waals surface area (Å²) in [7, 11) is 1.72. The molecular formula is C20H27N3O. The summed E-state index contributed by atoms with van der Waals surface area (Å²) in [6.07, 6.45) is 0.864. The summed E-state index contributed by atoms with van der Waals surface area (Å²) in [5.74, 6) is 0.114. The van der Waals surface area contributed by atoms with Gasteiger partial charge in [-0.1, -0.05) is 56.3 Å². The van der Waals surface area contributed by atoms with Crippen LogP contribution in [0.5, 0.6) is 0 Å². The second-order valence-electron chi connectivity index (χ2n) is 6.95. The van der Waals surface area contributed by atoms with Gasteiger partial charge in [0.15, 0.2) is 0 Å². The molecule has 0 aliphatic carbocycles. The van der Waals surface area contributed by atoms with Crippen molar-refractivity contribution in [3.05, 3.63) is 48.0 Å². The number of benzene rings is 2. The standard InChI is InChI=1S/C20H27N3O/c1-14(2)22-17-11-19(20(24)21-3)23(13-17)12-16-9-6-8-15-7-4-5-10-18(15)16/h4-10,14,17,19,22H,11-13H2,1-3H3,(H,21,24)/t17-,19+/m1/s1. The highest BCUT2D eigenvalue weighted by atomic mass is 16.2. The van der Waals surface area contributed by atoms with Crippen LogP contribution in [0.1, 0.15) is 25.8 Å². The molecule has 0 saturated carbocycles. The molecule has 2 N–H and O–H groups in total. The van der Waals surface area contributed by atoms with Crippen LogP contribution in [0.3, 0.4) is 0 Å². The predicted molar refractivity (Wildman–Crippen MR) is 98.9 cm³/mol. The van der Waals surface area contributed by atoms with Crippen LogP contribution in [0, 0.1) is 0 Å². The van der Waals surface area contributed by atoms with Gasteiger partial charge in [-0.25, -0.2) is 0 Å². The topological polar surface area (TPSA) is 44.4 Å². The lowest BCUT2D eigenvalue weighted by atomic mass is 10.0. The molecule has 2 aromatic carbocycles. The highest BCUT2D eigenvalue weighted by molar-refractivity contribution is 5.86. The van der Waals surface area contributed by atoms with E-state index in [1.807, 2.05) is 0 Å². The Kier molecular flexibility index (Phi) is 5.17. The molecule has 24 heavy (non-hydrogen) atoms. The first kappa shape index (κ1) is 16.9. The van der Waals surface area contributed by atoms with Gasteiger partial charge in [-0.05, 0) is 22.8 Å². The number of hydrogen-bond acceptors (Lipinski definition) is 3. The molecule has 1 aliphatic heterocycles. The van der Waals surface area contributed by atoms with E-state index in [4.69, 9.17) is 0 Å². The number of carbonyl (C=O) groups excluding carboxylic acids is 1. The van der Waals surface area contributed by atoms with Crippen molar-refractivity contribution in [3.63, 3.8) is 0 Å². The number of hydrogen-bond donors (Lipinski definition) is 2. The number of carbonyl (C=O) groups is 1. The van der Waals surface area contributed by atoms with E-state index >= 15 is 0 Å². The number of likely N-dealkylation sites (N-methyl/N-ethyl adjacent to an activating group) is 1. The maximum Gasteiger partial charge on any atom is 0.237 e. The van der Waals surface area contributed by atoms with E-state index < -0.39 is 0 Å². The number of rotatable bonds is 5. The maximum atomic E-state index is 12.3. The Morgan fingerprint density at radius 1 is 1.21 bits per heavy atom. The lowest BCUT2D eigenvalue weighted by Crippen LogP contribution is -2.41. The van der Waals surface area contributed by atoms with Crippen LogP contribution in [0.25, 0.3) is 10.8 Å². The number of fused-ring (bicyclic) bond motifs is 1. The smallest absolute Gasteiger partial charge is 0.237 e. The molecule has 1 heterocycles. The molecule has 4 heteroatoms. The van der Waals surface area contributed by atoms with Gasteiger partial charge in [-0.2, -0.15) is 0 Å². The van der Waals surface area contributed by atoms with E-state index in [9.17, 15) is 4.79 Å². The third kappa shape index (κ3) is 3.60. The normalized spacial score (nSPS) is 21.5. The van der Waals surface area contributed by atoms with Gasteiger partial charge in [0.2, 0.25) is 5.91 Å². The van der Waals surface area contributed by atoms with E-state index in [1.165, 1.54) is 16.3 Å². The van der Waals surface area contributed by atoms with Gasteiger partial charge in [0, 0.05) is 32.2 Å². The molecule has 0 unspecified atom stereocenters. The first-order valence-corrected chi connectivity index (χ1v) is 8.77. The van der Waals surface area contributed by atoms with Crippen molar-refractivity contribution in [2.45, 2.75) is 44.9 Å². The number of nitrogens with one attached hydrogen (secondary N) is 2. The number of nitrogens with zero attached hydrogens (tertiary/aromatic N) is 1. The first-order chi connectivity index (χ1) is 11.6. The Morgan fingerprint density at radius 3 is 2.71 bits per heavy atom. The zero-order chi connectivity index (χ0) is 17.1. The summed E-state index contributed by atoms with van der Waals surface area (Å²) in [5.41, 5.74) is 1.28. The first-order valence-electron chi connectivity index (χ1n) is 8.77. The molecule has 3 rings (SSSR count). The fourth-order valence-electron chi connectivity index (χ4n) is 3.76. The molecule has 0 aromatic heterocycles. The fourth-order valence-corrected chi connectivity index (χ4v) is 3.76. The van der Waals surface area contributed by atoms with E-state index in [1.54, 1.807) is 7.05 Å². The summed E-state index contributed by atoms with van der Waals surface area (Å²) in [6, 6.07) is 15.6. The summed E-state index contributed by atoms with van der Waals surface area (Å²) in [5, 5.41) is 8.93. The van der Waals surface area contributed by atoms with E-state index in [-0.39, 0.29) is 11.9 Å². The van der Waals surface area contributed by atoms with Gasteiger partial charge in [0.1, 0.15) is 0 Å². The van der Waals surface area contributed by atoms with Crippen molar-refractivity contribution < 1.29 is 4.79 Å². The van der Waals surface area contributed by atoms with Crippen LogP contribution in [-0.2, 0) is 11.3 Å². The third-order valence-corrected chi connectivity index (χ3v) is 4.77. The van der Waals surface area contributed by atoms with E-state index in [0.29, 0.717) is 12.1 Å². The van der Waals surface area contributed by atoms with Crippen LogP contribution < -0.4 is 10.6 Å². The molecule has 1 saturated heterocycles.